The van der Waals surface area contributed by atoms with Gasteiger partial charge in [0.25, 0.3) is 0 Å². The van der Waals surface area contributed by atoms with Gasteiger partial charge in [0.1, 0.15) is 0 Å². The van der Waals surface area contributed by atoms with Gasteiger partial charge in [-0.2, -0.15) is 0 Å². The third kappa shape index (κ3) is 8.26. The molecule has 0 fully saturated rings. The largest absolute Gasteiger partial charge is 0.324 e. The summed E-state index contributed by atoms with van der Waals surface area (Å²) in [4.78, 5) is 9.00. The van der Waals surface area contributed by atoms with Crippen molar-refractivity contribution >= 4 is 69.9 Å². The van der Waals surface area contributed by atoms with Crippen LogP contribution in [0.5, 0.6) is 0 Å². The quantitative estimate of drug-likeness (QED) is 0.551. The van der Waals surface area contributed by atoms with Gasteiger partial charge in [-0.3, -0.25) is 0 Å². The van der Waals surface area contributed by atoms with Gasteiger partial charge in [-0.25, -0.2) is 0 Å². The molecule has 0 bridgehead atoms. The molecular formula is C4H11KO3PS. The molecule has 0 saturated carbocycles. The summed E-state index contributed by atoms with van der Waals surface area (Å²) in [6.45, 7) is 1.45. The molecule has 0 atom stereocenters. The van der Waals surface area contributed by atoms with Crippen molar-refractivity contribution in [2.75, 3.05) is 13.2 Å². The molecule has 0 aliphatic heterocycles. The molecule has 0 unspecified atom stereocenters. The van der Waals surface area contributed by atoms with Crippen LogP contribution in [-0.2, 0) is 20.9 Å². The van der Waals surface area contributed by atoms with Gasteiger partial charge in [-0.1, -0.05) is 0 Å². The van der Waals surface area contributed by atoms with Crippen molar-refractivity contribution in [3.63, 3.8) is 0 Å². The molecule has 0 spiro atoms. The van der Waals surface area contributed by atoms with E-state index in [1.807, 2.05) is 0 Å². The molecule has 0 aromatic rings. The molecule has 6 heteroatoms. The maximum atomic E-state index is 9.00. The molecule has 3 nitrogen and oxygen atoms in total. The van der Waals surface area contributed by atoms with Crippen molar-refractivity contribution in [2.45, 2.75) is 13.8 Å². The Morgan fingerprint density at radius 1 is 1.30 bits per heavy atom. The molecule has 10 heavy (non-hydrogen) atoms. The van der Waals surface area contributed by atoms with Crippen LogP contribution >= 0.6 is 6.72 Å². The van der Waals surface area contributed by atoms with Gasteiger partial charge in [0.2, 0.25) is 0 Å². The first-order chi connectivity index (χ1) is 4.12. The van der Waals surface area contributed by atoms with Crippen LogP contribution in [0.3, 0.4) is 0 Å². The second-order valence-corrected chi connectivity index (χ2v) is 4.14. The van der Waals surface area contributed by atoms with Gasteiger partial charge in [0.15, 0.2) is 0 Å². The Morgan fingerprint density at radius 3 is 1.80 bits per heavy atom. The predicted molar refractivity (Wildman–Crippen MR) is 45.5 cm³/mol. The first-order valence-electron chi connectivity index (χ1n) is 2.74. The average molecular weight is 209 g/mol. The van der Waals surface area contributed by atoms with E-state index < -0.39 is 6.72 Å². The second kappa shape index (κ2) is 7.80. The summed E-state index contributed by atoms with van der Waals surface area (Å²) < 4.78 is 9.46. The summed E-state index contributed by atoms with van der Waals surface area (Å²) in [5.41, 5.74) is 0. The Labute approximate surface area is 109 Å². The molecule has 1 N–H and O–H groups in total. The number of hydrogen-bond donors (Lipinski definition) is 1. The van der Waals surface area contributed by atoms with E-state index >= 15 is 0 Å². The van der Waals surface area contributed by atoms with Crippen LogP contribution in [0.2, 0.25) is 0 Å². The van der Waals surface area contributed by atoms with Crippen molar-refractivity contribution in [1.29, 1.82) is 0 Å². The fourth-order valence-corrected chi connectivity index (χ4v) is 1.72. The van der Waals surface area contributed by atoms with Gasteiger partial charge in [-0.15, -0.1) is 0 Å². The molecule has 57 valence electrons. The maximum absolute atomic E-state index is 9.00. The summed E-state index contributed by atoms with van der Waals surface area (Å²) in [6, 6.07) is 0. The Hall–Kier alpha value is 2.17. The van der Waals surface area contributed by atoms with E-state index in [0.29, 0.717) is 13.2 Å². The number of hydrogen-bond acceptors (Lipinski definition) is 3. The number of rotatable bonds is 4. The predicted octanol–water partition coefficient (Wildman–Crippen LogP) is 0.895. The standard InChI is InChI=1S/C4H11O3PS.K/c1-3-6-8(5,9)7-4-2;/h3-4H2,1-2H3,(H,5,9);. The Balaban J connectivity index is 0. The molecule has 0 rings (SSSR count). The summed E-state index contributed by atoms with van der Waals surface area (Å²) in [5.74, 6) is 0. The molecule has 0 heterocycles. The Bertz CT molecular complexity index is 111. The first-order valence-corrected chi connectivity index (χ1v) is 5.33. The van der Waals surface area contributed by atoms with Crippen LogP contribution in [0.1, 0.15) is 13.8 Å². The van der Waals surface area contributed by atoms with Gasteiger partial charge < -0.3 is 13.9 Å². The monoisotopic (exact) mass is 209 g/mol. The van der Waals surface area contributed by atoms with Crippen LogP contribution in [0, 0.1) is 0 Å². The fraction of sp³-hybridized carbons (Fsp3) is 1.00. The van der Waals surface area contributed by atoms with Crippen LogP contribution in [0.4, 0.5) is 0 Å². The molecule has 0 amide bonds. The molecule has 0 saturated heterocycles. The summed E-state index contributed by atoms with van der Waals surface area (Å²) >= 11 is 4.56. The zero-order chi connectivity index (χ0) is 7.33. The van der Waals surface area contributed by atoms with Crippen molar-refractivity contribution in [2.24, 2.45) is 0 Å². The third-order valence-electron chi connectivity index (χ3n) is 0.584. The zero-order valence-corrected chi connectivity index (χ0v) is 11.4. The van der Waals surface area contributed by atoms with E-state index in [4.69, 9.17) is 13.9 Å². The smallest absolute Gasteiger partial charge is 0.324 e. The van der Waals surface area contributed by atoms with E-state index in [-0.39, 0.29) is 51.4 Å². The SMILES string of the molecule is CCOP(O)(=S)OCC.[K]. The second-order valence-electron chi connectivity index (χ2n) is 1.30. The van der Waals surface area contributed by atoms with Crippen LogP contribution < -0.4 is 0 Å². The van der Waals surface area contributed by atoms with Crippen LogP contribution in [-0.4, -0.2) is 69.5 Å². The van der Waals surface area contributed by atoms with Crippen molar-refractivity contribution in [3.8, 4) is 0 Å². The molecular weight excluding hydrogens is 198 g/mol. The summed E-state index contributed by atoms with van der Waals surface area (Å²) in [6.07, 6.45) is 0. The van der Waals surface area contributed by atoms with E-state index in [1.165, 1.54) is 0 Å². The Morgan fingerprint density at radius 2 is 1.60 bits per heavy atom. The van der Waals surface area contributed by atoms with E-state index in [1.54, 1.807) is 13.8 Å². The molecule has 0 aliphatic carbocycles. The first kappa shape index (κ1) is 14.7. The topological polar surface area (TPSA) is 38.7 Å². The van der Waals surface area contributed by atoms with Gasteiger partial charge in [0.05, 0.1) is 13.2 Å². The van der Waals surface area contributed by atoms with Crippen molar-refractivity contribution in [3.05, 3.63) is 0 Å². The van der Waals surface area contributed by atoms with Gasteiger partial charge >= 0.3 is 6.72 Å². The summed E-state index contributed by atoms with van der Waals surface area (Å²) in [7, 11) is 0. The van der Waals surface area contributed by atoms with Crippen molar-refractivity contribution in [1.82, 2.24) is 0 Å². The minimum absolute atomic E-state index is 0. The average Bonchev–Trinajstić information content (AvgIpc) is 1.64. The molecule has 0 aromatic heterocycles. The van der Waals surface area contributed by atoms with E-state index in [0.717, 1.165) is 0 Å². The fourth-order valence-electron chi connectivity index (χ4n) is 0.364. The van der Waals surface area contributed by atoms with Gasteiger partial charge in [-0.05, 0) is 25.7 Å². The van der Waals surface area contributed by atoms with Gasteiger partial charge in [0, 0.05) is 51.4 Å². The van der Waals surface area contributed by atoms with Crippen LogP contribution in [0.25, 0.3) is 0 Å². The molecule has 0 aliphatic rings. The third-order valence-corrected chi connectivity index (χ3v) is 2.39. The summed E-state index contributed by atoms with van der Waals surface area (Å²) in [5, 5.41) is 0. The minimum Gasteiger partial charge on any atom is -0.324 e. The minimum atomic E-state index is -2.86. The normalized spacial score (nSPS) is 10.7. The Kier molecular flexibility index (Phi) is 11.4. The van der Waals surface area contributed by atoms with E-state index in [2.05, 4.69) is 11.8 Å². The molecule has 0 aromatic carbocycles. The van der Waals surface area contributed by atoms with Crippen molar-refractivity contribution < 1.29 is 13.9 Å². The zero-order valence-electron chi connectivity index (χ0n) is 6.53. The van der Waals surface area contributed by atoms with Crippen LogP contribution in [0.15, 0.2) is 0 Å². The van der Waals surface area contributed by atoms with E-state index in [9.17, 15) is 0 Å². The maximum Gasteiger partial charge on any atom is 0.324 e. The molecule has 1 radical (unpaired) electrons.